The molecule has 1 fully saturated rings. The third-order valence-corrected chi connectivity index (χ3v) is 4.97. The minimum Gasteiger partial charge on any atom is -0.382 e. The topological polar surface area (TPSA) is 105 Å². The van der Waals surface area contributed by atoms with E-state index in [1.807, 2.05) is 0 Å². The van der Waals surface area contributed by atoms with Crippen LogP contribution in [0, 0.1) is 11.8 Å². The van der Waals surface area contributed by atoms with Crippen molar-refractivity contribution >= 4 is 36.3 Å². The number of carbonyl (C=O) groups is 1. The number of nitrogen functional groups attached to an aromatic ring is 1. The molecule has 7 nitrogen and oxygen atoms in total. The third-order valence-electron chi connectivity index (χ3n) is 4.97. The van der Waals surface area contributed by atoms with Gasteiger partial charge in [0.05, 0.1) is 5.69 Å². The fraction of sp³-hybridized carbons (Fsp3) is 0.238. The van der Waals surface area contributed by atoms with Gasteiger partial charge in [-0.25, -0.2) is 23.7 Å². The summed E-state index contributed by atoms with van der Waals surface area (Å²) in [4.78, 5) is 25.6. The van der Waals surface area contributed by atoms with E-state index in [0.29, 0.717) is 17.7 Å². The van der Waals surface area contributed by atoms with Crippen LogP contribution in [-0.2, 0) is 4.79 Å². The van der Waals surface area contributed by atoms with Crippen LogP contribution >= 0.6 is 13.5 Å². The molecule has 0 spiro atoms. The number of rotatable bonds is 2. The van der Waals surface area contributed by atoms with Crippen LogP contribution in [0.15, 0.2) is 36.7 Å². The summed E-state index contributed by atoms with van der Waals surface area (Å²) in [7, 11) is 1.60. The molecule has 160 valence electrons. The zero-order chi connectivity index (χ0) is 21.5. The minimum atomic E-state index is -2.77. The quantitative estimate of drug-likeness (QED) is 0.589. The van der Waals surface area contributed by atoms with Gasteiger partial charge in [0.2, 0.25) is 5.60 Å². The molecule has 0 unspecified atom stereocenters. The van der Waals surface area contributed by atoms with E-state index in [4.69, 9.17) is 5.73 Å². The molecule has 10 heteroatoms. The normalized spacial score (nSPS) is 18.1. The molecule has 1 atom stereocenters. The number of aromatic nitrogens is 3. The van der Waals surface area contributed by atoms with Gasteiger partial charge in [-0.3, -0.25) is 4.79 Å². The van der Waals surface area contributed by atoms with E-state index >= 15 is 0 Å². The molecule has 3 N–H and O–H groups in total. The number of likely N-dealkylation sites (N-methyl/N-ethyl adjacent to an activating group) is 1. The Morgan fingerprint density at radius 2 is 2.03 bits per heavy atom. The molecule has 3 aromatic rings. The Hall–Kier alpha value is -3.29. The average Bonchev–Trinajstić information content (AvgIpc) is 3.00. The van der Waals surface area contributed by atoms with Gasteiger partial charge in [-0.15, -0.1) is 0 Å². The van der Waals surface area contributed by atoms with Gasteiger partial charge in [0.1, 0.15) is 17.4 Å². The van der Waals surface area contributed by atoms with Crippen LogP contribution < -0.4 is 5.73 Å². The van der Waals surface area contributed by atoms with E-state index in [9.17, 15) is 18.7 Å². The smallest absolute Gasteiger partial charge is 0.267 e. The van der Waals surface area contributed by atoms with E-state index in [-0.39, 0.29) is 48.0 Å². The molecule has 1 aromatic carbocycles. The zero-order valence-corrected chi connectivity index (χ0v) is 17.4. The number of hydrogen-bond donors (Lipinski definition) is 2. The van der Waals surface area contributed by atoms with Gasteiger partial charge in [-0.05, 0) is 18.2 Å². The first-order chi connectivity index (χ1) is 14.3. The lowest BCUT2D eigenvalue weighted by atomic mass is 10.0. The first-order valence-corrected chi connectivity index (χ1v) is 9.09. The van der Waals surface area contributed by atoms with Crippen molar-refractivity contribution in [2.45, 2.75) is 18.4 Å². The average molecular weight is 443 g/mol. The van der Waals surface area contributed by atoms with E-state index in [1.165, 1.54) is 11.0 Å². The SMILES string of the molecule is CN1CC[C@](O)(C#Cc2cccc(-c3cc(C(F)F)c4ncnc(N)c4n3)c2)C1=O.S. The van der Waals surface area contributed by atoms with Gasteiger partial charge in [-0.1, -0.05) is 24.0 Å². The number of pyridine rings is 1. The number of carbonyl (C=O) groups excluding carboxylic acids is 1. The lowest BCUT2D eigenvalue weighted by Gasteiger charge is -2.13. The van der Waals surface area contributed by atoms with Crippen molar-refractivity contribution in [1.82, 2.24) is 19.9 Å². The predicted octanol–water partition coefficient (Wildman–Crippen LogP) is 2.27. The molecule has 3 heterocycles. The Morgan fingerprint density at radius 3 is 2.71 bits per heavy atom. The van der Waals surface area contributed by atoms with E-state index in [0.717, 1.165) is 6.33 Å². The van der Waals surface area contributed by atoms with Crippen molar-refractivity contribution in [1.29, 1.82) is 0 Å². The van der Waals surface area contributed by atoms with Gasteiger partial charge in [0.25, 0.3) is 12.3 Å². The monoisotopic (exact) mass is 443 g/mol. The van der Waals surface area contributed by atoms with Crippen LogP contribution in [0.1, 0.15) is 24.0 Å². The number of nitrogens with zero attached hydrogens (tertiary/aromatic N) is 4. The van der Waals surface area contributed by atoms with Crippen LogP contribution in [0.25, 0.3) is 22.3 Å². The maximum absolute atomic E-state index is 13.6. The molecule has 0 aliphatic carbocycles. The number of anilines is 1. The summed E-state index contributed by atoms with van der Waals surface area (Å²) >= 11 is 0. The van der Waals surface area contributed by atoms with Crippen LogP contribution in [0.4, 0.5) is 14.6 Å². The van der Waals surface area contributed by atoms with Gasteiger partial charge >= 0.3 is 0 Å². The number of halogens is 2. The number of nitrogens with two attached hydrogens (primary N) is 1. The molecule has 1 saturated heterocycles. The van der Waals surface area contributed by atoms with Crippen molar-refractivity contribution in [3.05, 3.63) is 47.8 Å². The summed E-state index contributed by atoms with van der Waals surface area (Å²) in [6.07, 6.45) is -1.43. The second-order valence-electron chi connectivity index (χ2n) is 7.02. The zero-order valence-electron chi connectivity index (χ0n) is 16.4. The highest BCUT2D eigenvalue weighted by Crippen LogP contribution is 2.31. The number of benzene rings is 1. The molecule has 1 aliphatic rings. The summed E-state index contributed by atoms with van der Waals surface area (Å²) in [5, 5.41) is 10.4. The lowest BCUT2D eigenvalue weighted by molar-refractivity contribution is -0.137. The highest BCUT2D eigenvalue weighted by Gasteiger charge is 2.42. The molecule has 0 radical (unpaired) electrons. The van der Waals surface area contributed by atoms with Crippen LogP contribution in [-0.4, -0.2) is 50.1 Å². The second-order valence-corrected chi connectivity index (χ2v) is 7.02. The van der Waals surface area contributed by atoms with Gasteiger partial charge in [-0.2, -0.15) is 13.5 Å². The highest BCUT2D eigenvalue weighted by atomic mass is 32.1. The number of fused-ring (bicyclic) bond motifs is 1. The van der Waals surface area contributed by atoms with Crippen molar-refractivity contribution in [2.24, 2.45) is 0 Å². The molecule has 31 heavy (non-hydrogen) atoms. The first kappa shape index (κ1) is 22.4. The van der Waals surface area contributed by atoms with Crippen molar-refractivity contribution in [2.75, 3.05) is 19.3 Å². The van der Waals surface area contributed by atoms with Crippen LogP contribution in [0.2, 0.25) is 0 Å². The first-order valence-electron chi connectivity index (χ1n) is 9.09. The van der Waals surface area contributed by atoms with E-state index < -0.39 is 17.9 Å². The molecular formula is C21H19F2N5O2S. The molecule has 4 rings (SSSR count). The van der Waals surface area contributed by atoms with Crippen molar-refractivity contribution in [3.63, 3.8) is 0 Å². The summed E-state index contributed by atoms with van der Waals surface area (Å²) in [5.74, 6) is 5.00. The molecule has 1 amide bonds. The highest BCUT2D eigenvalue weighted by molar-refractivity contribution is 7.59. The minimum absolute atomic E-state index is 0. The van der Waals surface area contributed by atoms with Crippen LogP contribution in [0.5, 0.6) is 0 Å². The maximum atomic E-state index is 13.6. The Bertz CT molecular complexity index is 1230. The van der Waals surface area contributed by atoms with Crippen LogP contribution in [0.3, 0.4) is 0 Å². The largest absolute Gasteiger partial charge is 0.382 e. The van der Waals surface area contributed by atoms with Crippen molar-refractivity contribution < 1.29 is 18.7 Å². The number of alkyl halides is 2. The lowest BCUT2D eigenvalue weighted by Crippen LogP contribution is -2.37. The Kier molecular flexibility index (Phi) is 6.10. The Morgan fingerprint density at radius 1 is 1.26 bits per heavy atom. The molecule has 0 bridgehead atoms. The van der Waals surface area contributed by atoms with Crippen molar-refractivity contribution in [3.8, 4) is 23.1 Å². The summed E-state index contributed by atoms with van der Waals surface area (Å²) < 4.78 is 27.2. The Labute approximate surface area is 183 Å². The fourth-order valence-corrected chi connectivity index (χ4v) is 3.30. The van der Waals surface area contributed by atoms with E-state index in [2.05, 4.69) is 26.8 Å². The fourth-order valence-electron chi connectivity index (χ4n) is 3.30. The predicted molar refractivity (Wildman–Crippen MR) is 117 cm³/mol. The number of hydrogen-bond acceptors (Lipinski definition) is 6. The number of aliphatic hydroxyl groups is 1. The maximum Gasteiger partial charge on any atom is 0.267 e. The second kappa shape index (κ2) is 8.45. The van der Waals surface area contributed by atoms with Gasteiger partial charge in [0, 0.05) is 36.7 Å². The Balaban J connectivity index is 0.00000272. The summed E-state index contributed by atoms with van der Waals surface area (Å²) in [6, 6.07) is 7.97. The molecule has 1 aliphatic heterocycles. The number of likely N-dealkylation sites (tertiary alicyclic amines) is 1. The molecular weight excluding hydrogens is 424 g/mol. The van der Waals surface area contributed by atoms with Gasteiger partial charge < -0.3 is 15.7 Å². The van der Waals surface area contributed by atoms with Gasteiger partial charge in [0.15, 0.2) is 5.82 Å². The molecule has 0 saturated carbocycles. The summed E-state index contributed by atoms with van der Waals surface area (Å²) in [6.45, 7) is 0.422. The standard InChI is InChI=1S/C21H17F2N5O2.H2S/c1-28-8-7-21(30,20(28)29)6-5-12-3-2-4-13(9-12)15-10-14(18(22)23)16-17(27-15)19(24)26-11-25-16;/h2-4,9-11,18,30H,7-8H2,1H3,(H2,24,25,26);1H2/t21-;/m1./s1. The van der Waals surface area contributed by atoms with E-state index in [1.54, 1.807) is 31.3 Å². The molecule has 2 aromatic heterocycles. The third kappa shape index (κ3) is 4.15. The summed E-state index contributed by atoms with van der Waals surface area (Å²) in [5.41, 5.74) is 5.18. The number of amides is 1.